The van der Waals surface area contributed by atoms with Gasteiger partial charge in [0.15, 0.2) is 5.96 Å². The summed E-state index contributed by atoms with van der Waals surface area (Å²) >= 11 is 0. The number of nitrogens with one attached hydrogen (secondary N) is 2. The van der Waals surface area contributed by atoms with Crippen molar-refractivity contribution in [2.45, 2.75) is 52.6 Å². The second-order valence-corrected chi connectivity index (χ2v) is 7.52. The highest BCUT2D eigenvalue weighted by Gasteiger charge is 2.30. The molecule has 2 rings (SSSR count). The SMILES string of the molecule is CCNC(=NCCC(C)c1cccc(C(F)(F)F)c1)NCCc1c(C)nn(C)c1C. The minimum Gasteiger partial charge on any atom is -0.357 e. The number of hydrogen-bond donors (Lipinski definition) is 2. The Morgan fingerprint density at radius 1 is 1.23 bits per heavy atom. The van der Waals surface area contributed by atoms with Crippen LogP contribution in [0.2, 0.25) is 0 Å². The van der Waals surface area contributed by atoms with Crippen LogP contribution in [0.5, 0.6) is 0 Å². The van der Waals surface area contributed by atoms with Gasteiger partial charge in [-0.1, -0.05) is 25.1 Å². The first-order valence-electron chi connectivity index (χ1n) is 10.3. The summed E-state index contributed by atoms with van der Waals surface area (Å²) < 4.78 is 40.7. The summed E-state index contributed by atoms with van der Waals surface area (Å²) in [5.41, 5.74) is 3.51. The molecule has 0 fully saturated rings. The molecule has 0 radical (unpaired) electrons. The molecule has 1 aromatic carbocycles. The second-order valence-electron chi connectivity index (χ2n) is 7.52. The number of aliphatic imine (C=N–C) groups is 1. The fourth-order valence-corrected chi connectivity index (χ4v) is 3.39. The molecule has 0 aliphatic carbocycles. The quantitative estimate of drug-likeness (QED) is 0.490. The Balaban J connectivity index is 1.91. The molecule has 0 aliphatic heterocycles. The summed E-state index contributed by atoms with van der Waals surface area (Å²) in [4.78, 5) is 4.58. The van der Waals surface area contributed by atoms with Crippen LogP contribution in [-0.4, -0.2) is 35.4 Å². The molecule has 1 aromatic heterocycles. The van der Waals surface area contributed by atoms with Crippen molar-refractivity contribution in [3.63, 3.8) is 0 Å². The normalized spacial score (nSPS) is 13.4. The number of guanidine groups is 1. The van der Waals surface area contributed by atoms with Crippen molar-refractivity contribution in [1.82, 2.24) is 20.4 Å². The summed E-state index contributed by atoms with van der Waals surface area (Å²) in [6.07, 6.45) is -2.81. The van der Waals surface area contributed by atoms with Gasteiger partial charge in [0.05, 0.1) is 11.3 Å². The lowest BCUT2D eigenvalue weighted by molar-refractivity contribution is -0.137. The van der Waals surface area contributed by atoms with E-state index in [4.69, 9.17) is 0 Å². The van der Waals surface area contributed by atoms with Gasteiger partial charge < -0.3 is 10.6 Å². The van der Waals surface area contributed by atoms with E-state index >= 15 is 0 Å². The van der Waals surface area contributed by atoms with E-state index in [0.717, 1.165) is 37.0 Å². The van der Waals surface area contributed by atoms with Gasteiger partial charge in [-0.25, -0.2) is 0 Å². The third kappa shape index (κ3) is 6.50. The van der Waals surface area contributed by atoms with E-state index in [2.05, 4.69) is 27.6 Å². The molecular formula is C22H32F3N5. The number of benzene rings is 1. The Kier molecular flexibility index (Phi) is 8.32. The topological polar surface area (TPSA) is 54.2 Å². The van der Waals surface area contributed by atoms with Crippen LogP contribution in [0.15, 0.2) is 29.3 Å². The fourth-order valence-electron chi connectivity index (χ4n) is 3.39. The van der Waals surface area contributed by atoms with Crippen LogP contribution in [0.25, 0.3) is 0 Å². The molecule has 2 N–H and O–H groups in total. The molecule has 0 aliphatic rings. The molecule has 0 spiro atoms. The number of halogens is 3. The van der Waals surface area contributed by atoms with Crippen molar-refractivity contribution < 1.29 is 13.2 Å². The Labute approximate surface area is 176 Å². The number of hydrogen-bond acceptors (Lipinski definition) is 2. The highest BCUT2D eigenvalue weighted by Crippen LogP contribution is 2.31. The lowest BCUT2D eigenvalue weighted by atomic mass is 9.96. The third-order valence-electron chi connectivity index (χ3n) is 5.29. The maximum atomic E-state index is 12.9. The van der Waals surface area contributed by atoms with Crippen LogP contribution in [0.1, 0.15) is 54.3 Å². The lowest BCUT2D eigenvalue weighted by Crippen LogP contribution is -2.38. The summed E-state index contributed by atoms with van der Waals surface area (Å²) in [6, 6.07) is 5.54. The van der Waals surface area contributed by atoms with E-state index < -0.39 is 11.7 Å². The number of aryl methyl sites for hydroxylation is 2. The van der Waals surface area contributed by atoms with Gasteiger partial charge in [0.2, 0.25) is 0 Å². The maximum absolute atomic E-state index is 12.9. The molecule has 5 nitrogen and oxygen atoms in total. The smallest absolute Gasteiger partial charge is 0.357 e. The monoisotopic (exact) mass is 423 g/mol. The van der Waals surface area contributed by atoms with Gasteiger partial charge in [0, 0.05) is 32.4 Å². The van der Waals surface area contributed by atoms with Gasteiger partial charge in [-0.15, -0.1) is 0 Å². The summed E-state index contributed by atoms with van der Waals surface area (Å²) in [6.45, 7) is 9.98. The van der Waals surface area contributed by atoms with Crippen LogP contribution in [0.4, 0.5) is 13.2 Å². The van der Waals surface area contributed by atoms with Crippen molar-refractivity contribution in [2.75, 3.05) is 19.6 Å². The van der Waals surface area contributed by atoms with Crippen molar-refractivity contribution in [3.8, 4) is 0 Å². The number of nitrogens with zero attached hydrogens (tertiary/aromatic N) is 3. The second kappa shape index (κ2) is 10.5. The predicted octanol–water partition coefficient (Wildman–Crippen LogP) is 4.35. The maximum Gasteiger partial charge on any atom is 0.416 e. The van der Waals surface area contributed by atoms with E-state index in [0.29, 0.717) is 24.5 Å². The molecule has 8 heteroatoms. The van der Waals surface area contributed by atoms with Crippen LogP contribution in [-0.2, 0) is 19.6 Å². The van der Waals surface area contributed by atoms with Crippen molar-refractivity contribution in [2.24, 2.45) is 12.0 Å². The van der Waals surface area contributed by atoms with E-state index in [9.17, 15) is 13.2 Å². The summed E-state index contributed by atoms with van der Waals surface area (Å²) in [7, 11) is 1.94. The molecule has 30 heavy (non-hydrogen) atoms. The summed E-state index contributed by atoms with van der Waals surface area (Å²) in [5.74, 6) is 0.701. The van der Waals surface area contributed by atoms with Gasteiger partial charge >= 0.3 is 6.18 Å². The molecule has 0 saturated carbocycles. The molecule has 0 saturated heterocycles. The largest absolute Gasteiger partial charge is 0.416 e. The van der Waals surface area contributed by atoms with Gasteiger partial charge in [-0.3, -0.25) is 9.67 Å². The number of aromatic nitrogens is 2. The van der Waals surface area contributed by atoms with Gasteiger partial charge in [-0.05, 0) is 56.7 Å². The molecule has 0 amide bonds. The van der Waals surface area contributed by atoms with Gasteiger partial charge in [0.1, 0.15) is 0 Å². The average molecular weight is 424 g/mol. The standard InChI is InChI=1S/C22H32F3N5/c1-6-26-21(28-13-11-20-16(3)29-30(5)17(20)4)27-12-10-15(2)18-8-7-9-19(14-18)22(23,24)25/h7-9,14-15H,6,10-13H2,1-5H3,(H2,26,27,28). The first kappa shape index (κ1) is 23.8. The predicted molar refractivity (Wildman–Crippen MR) is 115 cm³/mol. The highest BCUT2D eigenvalue weighted by molar-refractivity contribution is 5.79. The Hall–Kier alpha value is -2.51. The Morgan fingerprint density at radius 3 is 2.57 bits per heavy atom. The molecule has 2 aromatic rings. The number of alkyl halides is 3. The molecule has 1 heterocycles. The van der Waals surface area contributed by atoms with Crippen molar-refractivity contribution in [3.05, 3.63) is 52.3 Å². The minimum absolute atomic E-state index is 0.0142. The van der Waals surface area contributed by atoms with Crippen LogP contribution < -0.4 is 10.6 Å². The Bertz CT molecular complexity index is 855. The van der Waals surface area contributed by atoms with E-state index in [1.165, 1.54) is 17.7 Å². The van der Waals surface area contributed by atoms with Crippen molar-refractivity contribution >= 4 is 5.96 Å². The zero-order chi connectivity index (χ0) is 22.3. The van der Waals surface area contributed by atoms with Crippen molar-refractivity contribution in [1.29, 1.82) is 0 Å². The molecular weight excluding hydrogens is 391 g/mol. The van der Waals surface area contributed by atoms with Gasteiger partial charge in [0.25, 0.3) is 0 Å². The number of rotatable bonds is 8. The summed E-state index contributed by atoms with van der Waals surface area (Å²) in [5, 5.41) is 11.0. The zero-order valence-corrected chi connectivity index (χ0v) is 18.4. The minimum atomic E-state index is -4.32. The fraction of sp³-hybridized carbons (Fsp3) is 0.545. The van der Waals surface area contributed by atoms with E-state index in [-0.39, 0.29) is 5.92 Å². The Morgan fingerprint density at radius 2 is 1.97 bits per heavy atom. The third-order valence-corrected chi connectivity index (χ3v) is 5.29. The zero-order valence-electron chi connectivity index (χ0n) is 18.4. The first-order chi connectivity index (χ1) is 14.1. The molecule has 1 atom stereocenters. The van der Waals surface area contributed by atoms with E-state index in [1.54, 1.807) is 6.07 Å². The van der Waals surface area contributed by atoms with Gasteiger partial charge in [-0.2, -0.15) is 18.3 Å². The van der Waals surface area contributed by atoms with E-state index in [1.807, 2.05) is 32.5 Å². The molecule has 1 unspecified atom stereocenters. The molecule has 0 bridgehead atoms. The van der Waals surface area contributed by atoms with Crippen LogP contribution in [0.3, 0.4) is 0 Å². The highest BCUT2D eigenvalue weighted by atomic mass is 19.4. The lowest BCUT2D eigenvalue weighted by Gasteiger charge is -2.15. The van der Waals surface area contributed by atoms with Crippen LogP contribution in [0, 0.1) is 13.8 Å². The average Bonchev–Trinajstić information content (AvgIpc) is 2.93. The first-order valence-corrected chi connectivity index (χ1v) is 10.3. The molecule has 166 valence electrons. The van der Waals surface area contributed by atoms with Crippen LogP contribution >= 0.6 is 0 Å².